The summed E-state index contributed by atoms with van der Waals surface area (Å²) >= 11 is 0. The van der Waals surface area contributed by atoms with Gasteiger partial charge < -0.3 is 0 Å². The third-order valence-corrected chi connectivity index (χ3v) is 3.72. The number of carbonyl (C=O) groups is 3. The van der Waals surface area contributed by atoms with Gasteiger partial charge in [-0.2, -0.15) is 0 Å². The average Bonchev–Trinajstić information content (AvgIpc) is 2.19. The molecule has 0 aromatic carbocycles. The Morgan fingerprint density at radius 3 is 2.29 bits per heavy atom. The smallest absolute Gasteiger partial charge is 0.277 e. The van der Waals surface area contributed by atoms with Crippen molar-refractivity contribution in [1.82, 2.24) is 10.2 Å². The largest absolute Gasteiger partial charge is 0.331 e. The normalized spacial score (nSPS) is 26.0. The predicted octanol–water partition coefficient (Wildman–Crippen LogP) is 1.42. The van der Waals surface area contributed by atoms with E-state index < -0.39 is 11.9 Å². The summed E-state index contributed by atoms with van der Waals surface area (Å²) in [7, 11) is 0. The average molecular weight is 238 g/mol. The molecule has 1 N–H and O–H groups in total. The first-order chi connectivity index (χ1) is 7.89. The lowest BCUT2D eigenvalue weighted by Gasteiger charge is -2.40. The summed E-state index contributed by atoms with van der Waals surface area (Å²) in [4.78, 5) is 35.7. The van der Waals surface area contributed by atoms with E-state index in [1.165, 1.54) is 4.90 Å². The maximum absolute atomic E-state index is 11.7. The monoisotopic (exact) mass is 238 g/mol. The molecular formula is C12H18N2O3. The molecule has 0 radical (unpaired) electrons. The molecule has 4 amide bonds. The summed E-state index contributed by atoms with van der Waals surface area (Å²) in [5.74, 6) is -0.851. The first kappa shape index (κ1) is 12.1. The molecule has 0 aromatic rings. The third kappa shape index (κ3) is 2.48. The highest BCUT2D eigenvalue weighted by Crippen LogP contribution is 2.37. The van der Waals surface area contributed by atoms with Gasteiger partial charge in [0.2, 0.25) is 11.8 Å². The SMILES string of the molecule is CC1(C)CCC(N2C(=O)CC(=O)NC2=O)CC1. The van der Waals surface area contributed by atoms with Crippen molar-refractivity contribution in [3.63, 3.8) is 0 Å². The standard InChI is InChI=1S/C12H18N2O3/c1-12(2)5-3-8(4-6-12)14-10(16)7-9(15)13-11(14)17/h8H,3-7H2,1-2H3,(H,13,15,17). The van der Waals surface area contributed by atoms with Crippen molar-refractivity contribution in [3.8, 4) is 0 Å². The zero-order valence-corrected chi connectivity index (χ0v) is 10.3. The lowest BCUT2D eigenvalue weighted by Crippen LogP contribution is -2.57. The second-order valence-corrected chi connectivity index (χ2v) is 5.69. The summed E-state index contributed by atoms with van der Waals surface area (Å²) in [6.07, 6.45) is 3.47. The Morgan fingerprint density at radius 1 is 1.18 bits per heavy atom. The van der Waals surface area contributed by atoms with Crippen molar-refractivity contribution in [1.29, 1.82) is 0 Å². The van der Waals surface area contributed by atoms with Gasteiger partial charge in [0.25, 0.3) is 0 Å². The molecule has 0 spiro atoms. The van der Waals surface area contributed by atoms with E-state index in [1.807, 2.05) is 0 Å². The van der Waals surface area contributed by atoms with Crippen LogP contribution in [0.4, 0.5) is 4.79 Å². The summed E-state index contributed by atoms with van der Waals surface area (Å²) in [5, 5.41) is 2.21. The van der Waals surface area contributed by atoms with Crippen molar-refractivity contribution in [3.05, 3.63) is 0 Å². The molecule has 1 heterocycles. The van der Waals surface area contributed by atoms with Gasteiger partial charge in [-0.25, -0.2) is 4.79 Å². The number of amides is 4. The van der Waals surface area contributed by atoms with Crippen LogP contribution in [-0.4, -0.2) is 28.8 Å². The Labute approximate surface area is 101 Å². The molecule has 94 valence electrons. The zero-order chi connectivity index (χ0) is 12.6. The van der Waals surface area contributed by atoms with Crippen molar-refractivity contribution >= 4 is 17.8 Å². The summed E-state index contributed by atoms with van der Waals surface area (Å²) < 4.78 is 0. The second kappa shape index (κ2) is 4.13. The van der Waals surface area contributed by atoms with E-state index in [1.54, 1.807) is 0 Å². The van der Waals surface area contributed by atoms with Crippen LogP contribution in [0.15, 0.2) is 0 Å². The zero-order valence-electron chi connectivity index (χ0n) is 10.3. The number of imide groups is 2. The fraction of sp³-hybridized carbons (Fsp3) is 0.750. The summed E-state index contributed by atoms with van der Waals surface area (Å²) in [5.41, 5.74) is 0.293. The van der Waals surface area contributed by atoms with Gasteiger partial charge in [-0.15, -0.1) is 0 Å². The van der Waals surface area contributed by atoms with Crippen molar-refractivity contribution in [2.75, 3.05) is 0 Å². The fourth-order valence-corrected chi connectivity index (χ4v) is 2.57. The van der Waals surface area contributed by atoms with E-state index in [9.17, 15) is 14.4 Å². The number of nitrogens with zero attached hydrogens (tertiary/aromatic N) is 1. The maximum atomic E-state index is 11.7. The van der Waals surface area contributed by atoms with Crippen molar-refractivity contribution in [2.24, 2.45) is 5.41 Å². The topological polar surface area (TPSA) is 66.5 Å². The van der Waals surface area contributed by atoms with Crippen LogP contribution in [0.25, 0.3) is 0 Å². The Kier molecular flexibility index (Phi) is 2.93. The van der Waals surface area contributed by atoms with Crippen LogP contribution in [0.3, 0.4) is 0 Å². The minimum absolute atomic E-state index is 0.0383. The number of rotatable bonds is 1. The molecule has 2 rings (SSSR count). The molecule has 2 aliphatic rings. The second-order valence-electron chi connectivity index (χ2n) is 5.69. The molecular weight excluding hydrogens is 220 g/mol. The van der Waals surface area contributed by atoms with E-state index in [-0.39, 0.29) is 18.4 Å². The number of hydrogen-bond acceptors (Lipinski definition) is 3. The van der Waals surface area contributed by atoms with E-state index in [0.717, 1.165) is 25.7 Å². The molecule has 1 saturated heterocycles. The van der Waals surface area contributed by atoms with Gasteiger partial charge >= 0.3 is 6.03 Å². The van der Waals surface area contributed by atoms with E-state index in [0.29, 0.717) is 5.41 Å². The molecule has 5 heteroatoms. The molecule has 0 bridgehead atoms. The molecule has 2 fully saturated rings. The van der Waals surface area contributed by atoms with Crippen LogP contribution in [0, 0.1) is 5.41 Å². The molecule has 1 saturated carbocycles. The van der Waals surface area contributed by atoms with Gasteiger partial charge in [-0.05, 0) is 31.1 Å². The Balaban J connectivity index is 2.05. The van der Waals surface area contributed by atoms with E-state index in [2.05, 4.69) is 19.2 Å². The molecule has 1 aliphatic heterocycles. The summed E-state index contributed by atoms with van der Waals surface area (Å²) in [6, 6.07) is -0.584. The van der Waals surface area contributed by atoms with E-state index >= 15 is 0 Å². The number of hydrogen-bond donors (Lipinski definition) is 1. The van der Waals surface area contributed by atoms with E-state index in [4.69, 9.17) is 0 Å². The molecule has 17 heavy (non-hydrogen) atoms. The molecule has 5 nitrogen and oxygen atoms in total. The maximum Gasteiger partial charge on any atom is 0.331 e. The molecule has 1 aliphatic carbocycles. The number of nitrogens with one attached hydrogen (secondary N) is 1. The molecule has 0 unspecified atom stereocenters. The minimum Gasteiger partial charge on any atom is -0.277 e. The first-order valence-electron chi connectivity index (χ1n) is 6.05. The number of barbiturate groups is 1. The Hall–Kier alpha value is -1.39. The van der Waals surface area contributed by atoms with Crippen LogP contribution in [0.2, 0.25) is 0 Å². The van der Waals surface area contributed by atoms with Crippen molar-refractivity contribution < 1.29 is 14.4 Å². The fourth-order valence-electron chi connectivity index (χ4n) is 2.57. The lowest BCUT2D eigenvalue weighted by atomic mass is 9.75. The predicted molar refractivity (Wildman–Crippen MR) is 61.0 cm³/mol. The van der Waals surface area contributed by atoms with Crippen LogP contribution >= 0.6 is 0 Å². The Bertz CT molecular complexity index is 346. The van der Waals surface area contributed by atoms with Gasteiger partial charge in [0.05, 0.1) is 0 Å². The highest BCUT2D eigenvalue weighted by Gasteiger charge is 2.39. The summed E-state index contributed by atoms with van der Waals surface area (Å²) in [6.45, 7) is 4.40. The lowest BCUT2D eigenvalue weighted by molar-refractivity contribution is -0.138. The van der Waals surface area contributed by atoms with Crippen molar-refractivity contribution in [2.45, 2.75) is 52.0 Å². The minimum atomic E-state index is -0.545. The van der Waals surface area contributed by atoms with Gasteiger partial charge in [0.15, 0.2) is 0 Å². The van der Waals surface area contributed by atoms with Gasteiger partial charge in [-0.1, -0.05) is 13.8 Å². The van der Waals surface area contributed by atoms with Gasteiger partial charge in [0, 0.05) is 6.04 Å². The third-order valence-electron chi connectivity index (χ3n) is 3.72. The van der Waals surface area contributed by atoms with Gasteiger partial charge in [-0.3, -0.25) is 19.8 Å². The first-order valence-corrected chi connectivity index (χ1v) is 6.05. The number of carbonyl (C=O) groups excluding carboxylic acids is 3. The van der Waals surface area contributed by atoms with Crippen LogP contribution in [0.1, 0.15) is 46.0 Å². The highest BCUT2D eigenvalue weighted by atomic mass is 16.2. The molecule has 0 aromatic heterocycles. The number of urea groups is 1. The van der Waals surface area contributed by atoms with Crippen LogP contribution in [-0.2, 0) is 9.59 Å². The molecule has 0 atom stereocenters. The van der Waals surface area contributed by atoms with Gasteiger partial charge in [0.1, 0.15) is 6.42 Å². The van der Waals surface area contributed by atoms with Crippen LogP contribution in [0.5, 0.6) is 0 Å². The Morgan fingerprint density at radius 2 is 1.76 bits per heavy atom. The highest BCUT2D eigenvalue weighted by molar-refractivity contribution is 6.14. The quantitative estimate of drug-likeness (QED) is 0.703. The van der Waals surface area contributed by atoms with Crippen LogP contribution < -0.4 is 5.32 Å².